The summed E-state index contributed by atoms with van der Waals surface area (Å²) in [7, 11) is 0. The van der Waals surface area contributed by atoms with Gasteiger partial charge < -0.3 is 15.2 Å². The fraction of sp³-hybridized carbons (Fsp3) is 0.684. The van der Waals surface area contributed by atoms with E-state index in [-0.39, 0.29) is 24.1 Å². The zero-order valence-electron chi connectivity index (χ0n) is 14.3. The summed E-state index contributed by atoms with van der Waals surface area (Å²) in [6, 6.07) is 0. The predicted octanol–water partition coefficient (Wildman–Crippen LogP) is 2.98. The van der Waals surface area contributed by atoms with Gasteiger partial charge in [-0.1, -0.05) is 0 Å². The molecule has 0 radical (unpaired) electrons. The minimum atomic E-state index is -0.979. The van der Waals surface area contributed by atoms with Crippen molar-refractivity contribution in [1.29, 1.82) is 0 Å². The molecule has 0 amide bonds. The summed E-state index contributed by atoms with van der Waals surface area (Å²) < 4.78 is 5.95. The number of aliphatic carboxylic acids is 1. The highest BCUT2D eigenvalue weighted by Gasteiger charge is 2.50. The molecule has 0 aromatic heterocycles. The van der Waals surface area contributed by atoms with Crippen molar-refractivity contribution in [1.82, 2.24) is 5.32 Å². The van der Waals surface area contributed by atoms with Crippen LogP contribution in [0.25, 0.3) is 0 Å². The van der Waals surface area contributed by atoms with Gasteiger partial charge in [0.2, 0.25) is 0 Å². The van der Waals surface area contributed by atoms with Crippen LogP contribution in [0.1, 0.15) is 52.4 Å². The first kappa shape index (κ1) is 15.7. The molecule has 4 saturated carbocycles. The van der Waals surface area contributed by atoms with E-state index in [1.54, 1.807) is 6.92 Å². The van der Waals surface area contributed by atoms with Gasteiger partial charge in [0, 0.05) is 17.8 Å². The van der Waals surface area contributed by atoms with E-state index in [1.165, 1.54) is 32.1 Å². The van der Waals surface area contributed by atoms with E-state index in [4.69, 9.17) is 4.74 Å². The summed E-state index contributed by atoms with van der Waals surface area (Å²) in [5.41, 5.74) is 2.03. The number of hydrogen-bond acceptors (Lipinski definition) is 4. The Balaban J connectivity index is 1.49. The Hall–Kier alpha value is -1.78. The van der Waals surface area contributed by atoms with Crippen LogP contribution in [0.3, 0.4) is 0 Å². The van der Waals surface area contributed by atoms with Crippen LogP contribution >= 0.6 is 0 Å². The summed E-state index contributed by atoms with van der Waals surface area (Å²) in [6.45, 7) is 3.54. The smallest absolute Gasteiger partial charge is 0.336 e. The van der Waals surface area contributed by atoms with Crippen molar-refractivity contribution in [3.8, 4) is 0 Å². The van der Waals surface area contributed by atoms with E-state index in [2.05, 4.69) is 5.32 Å². The van der Waals surface area contributed by atoms with Gasteiger partial charge in [0.05, 0.1) is 11.1 Å². The third-order valence-corrected chi connectivity index (χ3v) is 6.52. The molecule has 0 aromatic carbocycles. The molecule has 4 fully saturated rings. The van der Waals surface area contributed by atoms with E-state index in [9.17, 15) is 14.7 Å². The Morgan fingerprint density at radius 3 is 2.04 bits per heavy atom. The van der Waals surface area contributed by atoms with Crippen LogP contribution in [0.2, 0.25) is 0 Å². The maximum Gasteiger partial charge on any atom is 0.336 e. The number of carboxylic acid groups (broad SMARTS) is 1. The highest BCUT2D eigenvalue weighted by Crippen LogP contribution is 2.54. The maximum atomic E-state index is 12.7. The van der Waals surface area contributed by atoms with Crippen LogP contribution in [-0.2, 0) is 14.3 Å². The largest absolute Gasteiger partial charge is 0.478 e. The topological polar surface area (TPSA) is 75.6 Å². The molecule has 4 aliphatic carbocycles. The lowest BCUT2D eigenvalue weighted by Gasteiger charge is -2.53. The fourth-order valence-corrected chi connectivity index (χ4v) is 5.60. The van der Waals surface area contributed by atoms with Crippen LogP contribution in [0, 0.1) is 23.7 Å². The summed E-state index contributed by atoms with van der Waals surface area (Å²) in [5.74, 6) is 1.39. The van der Waals surface area contributed by atoms with Crippen LogP contribution in [0.15, 0.2) is 22.5 Å². The number of carbonyl (C=O) groups is 2. The van der Waals surface area contributed by atoms with Gasteiger partial charge in [-0.15, -0.1) is 0 Å². The van der Waals surface area contributed by atoms with Gasteiger partial charge in [-0.3, -0.25) is 0 Å². The zero-order chi connectivity index (χ0) is 17.0. The van der Waals surface area contributed by atoms with E-state index < -0.39 is 5.97 Å². The normalized spacial score (nSPS) is 37.5. The van der Waals surface area contributed by atoms with Crippen LogP contribution in [-0.4, -0.2) is 23.1 Å². The minimum Gasteiger partial charge on any atom is -0.478 e. The molecular weight excluding hydrogens is 306 g/mol. The first-order valence-electron chi connectivity index (χ1n) is 9.03. The second kappa shape index (κ2) is 5.64. The first-order chi connectivity index (χ1) is 11.4. The van der Waals surface area contributed by atoms with Gasteiger partial charge in [-0.2, -0.15) is 0 Å². The molecule has 0 saturated heterocycles. The Labute approximate surface area is 142 Å². The molecule has 0 spiro atoms. The van der Waals surface area contributed by atoms with Gasteiger partial charge in [0.15, 0.2) is 0 Å². The van der Waals surface area contributed by atoms with E-state index >= 15 is 0 Å². The van der Waals surface area contributed by atoms with E-state index in [0.717, 1.165) is 11.8 Å². The predicted molar refractivity (Wildman–Crippen MR) is 87.7 cm³/mol. The average molecular weight is 331 g/mol. The molecule has 24 heavy (non-hydrogen) atoms. The van der Waals surface area contributed by atoms with Crippen molar-refractivity contribution in [2.75, 3.05) is 0 Å². The van der Waals surface area contributed by atoms with Gasteiger partial charge in [0.25, 0.3) is 0 Å². The lowest BCUT2D eigenvalue weighted by atomic mass is 9.55. The lowest BCUT2D eigenvalue weighted by Crippen LogP contribution is -2.50. The molecule has 0 aromatic rings. The number of rotatable bonds is 3. The van der Waals surface area contributed by atoms with Crippen molar-refractivity contribution in [3.63, 3.8) is 0 Å². The molecule has 1 aliphatic heterocycles. The Morgan fingerprint density at radius 2 is 1.50 bits per heavy atom. The molecule has 0 unspecified atom stereocenters. The SMILES string of the molecule is CC1=C(C(=O)O)CC(C(=O)OC2C3CC4CC(C3)CC2C4)=C(C)N1. The lowest BCUT2D eigenvalue weighted by molar-refractivity contribution is -0.166. The number of carboxylic acids is 1. The van der Waals surface area contributed by atoms with Crippen LogP contribution in [0.5, 0.6) is 0 Å². The molecule has 5 nitrogen and oxygen atoms in total. The standard InChI is InChI=1S/C19H25NO4/c1-9-15(18(21)22)8-16(10(2)20-9)19(23)24-17-13-4-11-3-12(6-13)7-14(17)5-11/h11-14,17,20H,3-8H2,1-2H3,(H,21,22). The molecule has 5 aliphatic rings. The van der Waals surface area contributed by atoms with E-state index in [1.807, 2.05) is 6.92 Å². The summed E-state index contributed by atoms with van der Waals surface area (Å²) in [6.07, 6.45) is 6.33. The van der Waals surface area contributed by atoms with Crippen LogP contribution in [0.4, 0.5) is 0 Å². The number of hydrogen-bond donors (Lipinski definition) is 2. The number of carbonyl (C=O) groups excluding carboxylic acids is 1. The summed E-state index contributed by atoms with van der Waals surface area (Å²) in [5, 5.41) is 12.3. The monoisotopic (exact) mass is 331 g/mol. The Bertz CT molecular complexity index is 632. The second-order valence-corrected chi connectivity index (χ2v) is 8.11. The van der Waals surface area contributed by atoms with Crippen molar-refractivity contribution in [3.05, 3.63) is 22.5 Å². The van der Waals surface area contributed by atoms with Gasteiger partial charge >= 0.3 is 11.9 Å². The second-order valence-electron chi connectivity index (χ2n) is 8.11. The summed E-state index contributed by atoms with van der Waals surface area (Å²) in [4.78, 5) is 24.1. The van der Waals surface area contributed by atoms with Crippen molar-refractivity contribution >= 4 is 11.9 Å². The number of ether oxygens (including phenoxy) is 1. The zero-order valence-corrected chi connectivity index (χ0v) is 14.3. The quantitative estimate of drug-likeness (QED) is 0.778. The fourth-order valence-electron chi connectivity index (χ4n) is 5.60. The molecule has 4 bridgehead atoms. The van der Waals surface area contributed by atoms with Crippen molar-refractivity contribution in [2.45, 2.75) is 58.5 Å². The molecule has 5 rings (SSSR count). The van der Waals surface area contributed by atoms with Crippen molar-refractivity contribution in [2.24, 2.45) is 23.7 Å². The first-order valence-corrected chi connectivity index (χ1v) is 9.03. The Kier molecular flexibility index (Phi) is 3.70. The van der Waals surface area contributed by atoms with Gasteiger partial charge in [-0.25, -0.2) is 9.59 Å². The number of dihydropyridines is 1. The summed E-state index contributed by atoms with van der Waals surface area (Å²) >= 11 is 0. The van der Waals surface area contributed by atoms with Crippen molar-refractivity contribution < 1.29 is 19.4 Å². The van der Waals surface area contributed by atoms with Crippen LogP contribution < -0.4 is 5.32 Å². The number of nitrogens with one attached hydrogen (secondary N) is 1. The Morgan fingerprint density at radius 1 is 0.958 bits per heavy atom. The van der Waals surface area contributed by atoms with Gasteiger partial charge in [0.1, 0.15) is 6.10 Å². The maximum absolute atomic E-state index is 12.7. The third-order valence-electron chi connectivity index (χ3n) is 6.52. The molecule has 1 heterocycles. The van der Waals surface area contributed by atoms with E-state index in [0.29, 0.717) is 28.8 Å². The molecule has 0 atom stereocenters. The molecular formula is C19H25NO4. The molecule has 2 N–H and O–H groups in total. The number of esters is 1. The molecule has 5 heteroatoms. The number of allylic oxidation sites excluding steroid dienone is 2. The highest BCUT2D eigenvalue weighted by atomic mass is 16.5. The molecule has 130 valence electrons. The minimum absolute atomic E-state index is 0.0332. The third kappa shape index (κ3) is 2.54. The highest BCUT2D eigenvalue weighted by molar-refractivity contribution is 5.95. The average Bonchev–Trinajstić information content (AvgIpc) is 2.49. The van der Waals surface area contributed by atoms with Gasteiger partial charge in [-0.05, 0) is 69.6 Å².